The summed E-state index contributed by atoms with van der Waals surface area (Å²) in [5, 5.41) is 3.38. The molecule has 1 unspecified atom stereocenters. The second kappa shape index (κ2) is 4.85. The Labute approximate surface area is 114 Å². The molecule has 1 N–H and O–H groups in total. The number of hydrogen-bond donors (Lipinski definition) is 1. The van der Waals surface area contributed by atoms with Crippen LogP contribution in [-0.4, -0.2) is 49.6 Å². The Morgan fingerprint density at radius 3 is 3.00 bits per heavy atom. The first kappa shape index (κ1) is 12.5. The van der Waals surface area contributed by atoms with E-state index in [2.05, 4.69) is 42.3 Å². The normalized spacial score (nSPS) is 23.5. The summed E-state index contributed by atoms with van der Waals surface area (Å²) in [5.41, 5.74) is 3.78. The van der Waals surface area contributed by atoms with E-state index < -0.39 is 0 Å². The lowest BCUT2D eigenvalue weighted by molar-refractivity contribution is -0.134. The van der Waals surface area contributed by atoms with Crippen LogP contribution in [-0.2, 0) is 4.79 Å². The van der Waals surface area contributed by atoms with Gasteiger partial charge in [-0.15, -0.1) is 0 Å². The summed E-state index contributed by atoms with van der Waals surface area (Å²) in [6.45, 7) is 8.40. The highest BCUT2D eigenvalue weighted by Crippen LogP contribution is 2.26. The average molecular weight is 259 g/mol. The second-order valence-electron chi connectivity index (χ2n) is 5.54. The largest absolute Gasteiger partial charge is 0.360 e. The lowest BCUT2D eigenvalue weighted by Crippen LogP contribution is -2.63. The highest BCUT2D eigenvalue weighted by molar-refractivity contribution is 5.84. The number of nitrogens with one attached hydrogen (secondary N) is 1. The minimum absolute atomic E-state index is 0.263. The fraction of sp³-hybridized carbons (Fsp3) is 0.533. The summed E-state index contributed by atoms with van der Waals surface area (Å²) in [6.07, 6.45) is 0. The molecule has 2 fully saturated rings. The van der Waals surface area contributed by atoms with Crippen LogP contribution in [0.2, 0.25) is 0 Å². The molecule has 0 aromatic heterocycles. The number of carbonyl (C=O) groups is 1. The van der Waals surface area contributed by atoms with Gasteiger partial charge >= 0.3 is 0 Å². The number of amides is 1. The van der Waals surface area contributed by atoms with Gasteiger partial charge in [0.15, 0.2) is 0 Å². The van der Waals surface area contributed by atoms with Gasteiger partial charge in [-0.1, -0.05) is 12.1 Å². The minimum Gasteiger partial charge on any atom is -0.360 e. The fourth-order valence-corrected chi connectivity index (χ4v) is 3.09. The summed E-state index contributed by atoms with van der Waals surface area (Å²) in [4.78, 5) is 16.5. The molecule has 2 aliphatic rings. The Bertz CT molecular complexity index is 500. The molecule has 1 amide bonds. The van der Waals surface area contributed by atoms with Crippen LogP contribution in [0.5, 0.6) is 0 Å². The van der Waals surface area contributed by atoms with E-state index in [1.807, 2.05) is 4.90 Å². The molecule has 1 aromatic rings. The van der Waals surface area contributed by atoms with Crippen LogP contribution < -0.4 is 10.2 Å². The van der Waals surface area contributed by atoms with E-state index in [0.29, 0.717) is 12.6 Å². The van der Waals surface area contributed by atoms with Crippen molar-refractivity contribution in [2.75, 3.05) is 37.6 Å². The van der Waals surface area contributed by atoms with Gasteiger partial charge in [0.05, 0.1) is 12.6 Å². The van der Waals surface area contributed by atoms with Crippen molar-refractivity contribution in [3.8, 4) is 0 Å². The average Bonchev–Trinajstić information content (AvgIpc) is 2.42. The maximum atomic E-state index is 12.3. The number of fused-ring (bicyclic) bond motifs is 1. The Morgan fingerprint density at radius 2 is 2.16 bits per heavy atom. The Balaban J connectivity index is 1.86. The van der Waals surface area contributed by atoms with Crippen molar-refractivity contribution in [3.05, 3.63) is 29.3 Å². The number of carbonyl (C=O) groups excluding carboxylic acids is 1. The van der Waals surface area contributed by atoms with Crippen LogP contribution in [0.3, 0.4) is 0 Å². The van der Waals surface area contributed by atoms with Gasteiger partial charge in [0, 0.05) is 31.9 Å². The molecular formula is C15H21N3O. The van der Waals surface area contributed by atoms with E-state index >= 15 is 0 Å². The molecule has 19 heavy (non-hydrogen) atoms. The van der Waals surface area contributed by atoms with Gasteiger partial charge in [-0.2, -0.15) is 0 Å². The van der Waals surface area contributed by atoms with Crippen LogP contribution in [0.25, 0.3) is 0 Å². The molecule has 4 nitrogen and oxygen atoms in total. The second-order valence-corrected chi connectivity index (χ2v) is 5.54. The number of piperazine rings is 2. The topological polar surface area (TPSA) is 35.6 Å². The van der Waals surface area contributed by atoms with Crippen molar-refractivity contribution in [3.63, 3.8) is 0 Å². The summed E-state index contributed by atoms with van der Waals surface area (Å²) in [6, 6.07) is 6.64. The maximum Gasteiger partial charge on any atom is 0.242 e. The number of hydrogen-bond acceptors (Lipinski definition) is 3. The molecule has 0 saturated carbocycles. The van der Waals surface area contributed by atoms with Gasteiger partial charge < -0.3 is 15.1 Å². The molecule has 0 radical (unpaired) electrons. The highest BCUT2D eigenvalue weighted by atomic mass is 16.2. The van der Waals surface area contributed by atoms with E-state index in [1.165, 1.54) is 16.8 Å². The number of anilines is 1. The molecular weight excluding hydrogens is 238 g/mol. The zero-order valence-electron chi connectivity index (χ0n) is 11.6. The summed E-state index contributed by atoms with van der Waals surface area (Å²) >= 11 is 0. The number of benzene rings is 1. The quantitative estimate of drug-likeness (QED) is 0.815. The third kappa shape index (κ3) is 2.21. The van der Waals surface area contributed by atoms with E-state index in [9.17, 15) is 4.79 Å². The third-order valence-corrected chi connectivity index (χ3v) is 4.34. The summed E-state index contributed by atoms with van der Waals surface area (Å²) in [7, 11) is 0. The van der Waals surface area contributed by atoms with Crippen molar-refractivity contribution >= 4 is 11.6 Å². The lowest BCUT2D eigenvalue weighted by atomic mass is 10.0. The van der Waals surface area contributed by atoms with Crippen LogP contribution >= 0.6 is 0 Å². The minimum atomic E-state index is 0.263. The number of rotatable bonds is 1. The first-order chi connectivity index (χ1) is 9.16. The van der Waals surface area contributed by atoms with E-state index in [1.54, 1.807) is 0 Å². The van der Waals surface area contributed by atoms with Gasteiger partial charge in [-0.25, -0.2) is 0 Å². The van der Waals surface area contributed by atoms with Crippen molar-refractivity contribution < 1.29 is 4.79 Å². The third-order valence-electron chi connectivity index (χ3n) is 4.34. The predicted molar refractivity (Wildman–Crippen MR) is 76.5 cm³/mol. The molecule has 0 bridgehead atoms. The monoisotopic (exact) mass is 259 g/mol. The van der Waals surface area contributed by atoms with Gasteiger partial charge in [-0.05, 0) is 31.0 Å². The van der Waals surface area contributed by atoms with E-state index in [-0.39, 0.29) is 5.91 Å². The van der Waals surface area contributed by atoms with Gasteiger partial charge in [-0.3, -0.25) is 4.79 Å². The van der Waals surface area contributed by atoms with Crippen LogP contribution in [0.4, 0.5) is 5.69 Å². The van der Waals surface area contributed by atoms with Crippen molar-refractivity contribution in [1.29, 1.82) is 0 Å². The van der Waals surface area contributed by atoms with Crippen molar-refractivity contribution in [2.45, 2.75) is 19.9 Å². The molecule has 3 rings (SSSR count). The SMILES string of the molecule is Cc1cccc(N2CC(=O)N3CCNCC3C2)c1C. The molecule has 102 valence electrons. The molecule has 1 aromatic carbocycles. The molecule has 2 aliphatic heterocycles. The summed E-state index contributed by atoms with van der Waals surface area (Å²) in [5.74, 6) is 0.263. The van der Waals surface area contributed by atoms with E-state index in [0.717, 1.165) is 26.2 Å². The zero-order valence-corrected chi connectivity index (χ0v) is 11.6. The summed E-state index contributed by atoms with van der Waals surface area (Å²) < 4.78 is 0. The Hall–Kier alpha value is -1.55. The van der Waals surface area contributed by atoms with Gasteiger partial charge in [0.2, 0.25) is 5.91 Å². The number of aryl methyl sites for hydroxylation is 1. The molecule has 4 heteroatoms. The Morgan fingerprint density at radius 1 is 1.32 bits per heavy atom. The smallest absolute Gasteiger partial charge is 0.242 e. The molecule has 0 spiro atoms. The predicted octanol–water partition coefficient (Wildman–Crippen LogP) is 0.924. The highest BCUT2D eigenvalue weighted by Gasteiger charge is 2.34. The molecule has 0 aliphatic carbocycles. The van der Waals surface area contributed by atoms with Gasteiger partial charge in [0.25, 0.3) is 0 Å². The van der Waals surface area contributed by atoms with Crippen LogP contribution in [0, 0.1) is 13.8 Å². The number of nitrogens with zero attached hydrogens (tertiary/aromatic N) is 2. The van der Waals surface area contributed by atoms with Gasteiger partial charge in [0.1, 0.15) is 0 Å². The standard InChI is InChI=1S/C15H21N3O/c1-11-4-3-5-14(12(11)2)17-9-13-8-16-6-7-18(13)15(19)10-17/h3-5,13,16H,6-10H2,1-2H3. The first-order valence-electron chi connectivity index (χ1n) is 6.98. The van der Waals surface area contributed by atoms with Crippen molar-refractivity contribution in [1.82, 2.24) is 10.2 Å². The first-order valence-corrected chi connectivity index (χ1v) is 6.98. The van der Waals surface area contributed by atoms with Crippen LogP contribution in [0.15, 0.2) is 18.2 Å². The Kier molecular flexibility index (Phi) is 3.19. The fourth-order valence-electron chi connectivity index (χ4n) is 3.09. The zero-order chi connectivity index (χ0) is 13.4. The van der Waals surface area contributed by atoms with Crippen molar-refractivity contribution in [2.24, 2.45) is 0 Å². The van der Waals surface area contributed by atoms with E-state index in [4.69, 9.17) is 0 Å². The molecule has 2 heterocycles. The maximum absolute atomic E-state index is 12.3. The molecule has 1 atom stereocenters. The molecule has 2 saturated heterocycles. The lowest BCUT2D eigenvalue weighted by Gasteiger charge is -2.45. The van der Waals surface area contributed by atoms with Crippen LogP contribution in [0.1, 0.15) is 11.1 Å².